The monoisotopic (exact) mass is 306 g/mol. The SMILES string of the molecule is CNCC1CCN(Cc2ccc(C(N)=O)cc2[N+](=O)[O-])CC1. The van der Waals surface area contributed by atoms with Crippen LogP contribution in [0.2, 0.25) is 0 Å². The number of piperidine rings is 1. The second kappa shape index (κ2) is 7.33. The highest BCUT2D eigenvalue weighted by atomic mass is 16.6. The molecule has 1 aliphatic rings. The summed E-state index contributed by atoms with van der Waals surface area (Å²) in [5.41, 5.74) is 5.95. The summed E-state index contributed by atoms with van der Waals surface area (Å²) in [5.74, 6) is 0.0241. The first-order valence-electron chi connectivity index (χ1n) is 7.45. The molecule has 0 aliphatic carbocycles. The van der Waals surface area contributed by atoms with Gasteiger partial charge in [0.05, 0.1) is 4.92 Å². The lowest BCUT2D eigenvalue weighted by molar-refractivity contribution is -0.385. The number of nitrogens with one attached hydrogen (secondary N) is 1. The Balaban J connectivity index is 2.07. The number of primary amides is 1. The highest BCUT2D eigenvalue weighted by Crippen LogP contribution is 2.24. The number of nitro groups is 1. The number of likely N-dealkylation sites (tertiary alicyclic amines) is 1. The van der Waals surface area contributed by atoms with E-state index in [0.29, 0.717) is 18.0 Å². The third-order valence-corrected chi connectivity index (χ3v) is 4.16. The standard InChI is InChI=1S/C15H22N4O3/c1-17-9-11-4-6-18(7-5-11)10-13-3-2-12(15(16)20)8-14(13)19(21)22/h2-3,8,11,17H,4-7,9-10H2,1H3,(H2,16,20). The fraction of sp³-hybridized carbons (Fsp3) is 0.533. The minimum Gasteiger partial charge on any atom is -0.366 e. The molecule has 1 aliphatic heterocycles. The maximum absolute atomic E-state index is 11.2. The molecule has 7 nitrogen and oxygen atoms in total. The van der Waals surface area contributed by atoms with E-state index in [4.69, 9.17) is 5.73 Å². The van der Waals surface area contributed by atoms with Crippen molar-refractivity contribution in [3.8, 4) is 0 Å². The molecule has 0 spiro atoms. The van der Waals surface area contributed by atoms with Gasteiger partial charge in [0.1, 0.15) is 0 Å². The number of nitro benzene ring substituents is 1. The van der Waals surface area contributed by atoms with E-state index in [-0.39, 0.29) is 11.3 Å². The quantitative estimate of drug-likeness (QED) is 0.606. The van der Waals surface area contributed by atoms with Crippen molar-refractivity contribution in [3.05, 3.63) is 39.4 Å². The maximum Gasteiger partial charge on any atom is 0.274 e. The lowest BCUT2D eigenvalue weighted by atomic mass is 9.96. The van der Waals surface area contributed by atoms with Crippen LogP contribution < -0.4 is 11.1 Å². The highest BCUT2D eigenvalue weighted by molar-refractivity contribution is 5.93. The van der Waals surface area contributed by atoms with Crippen LogP contribution in [0.3, 0.4) is 0 Å². The Morgan fingerprint density at radius 3 is 2.68 bits per heavy atom. The number of nitrogens with two attached hydrogens (primary N) is 1. The van der Waals surface area contributed by atoms with Gasteiger partial charge in [0.2, 0.25) is 5.91 Å². The zero-order chi connectivity index (χ0) is 16.1. The largest absolute Gasteiger partial charge is 0.366 e. The highest BCUT2D eigenvalue weighted by Gasteiger charge is 2.22. The summed E-state index contributed by atoms with van der Waals surface area (Å²) in [7, 11) is 1.95. The molecule has 1 aromatic rings. The Morgan fingerprint density at radius 1 is 1.45 bits per heavy atom. The minimum absolute atomic E-state index is 0.0337. The normalized spacial score (nSPS) is 16.6. The van der Waals surface area contributed by atoms with Crippen molar-refractivity contribution in [2.45, 2.75) is 19.4 Å². The van der Waals surface area contributed by atoms with Gasteiger partial charge in [-0.25, -0.2) is 0 Å². The molecule has 3 N–H and O–H groups in total. The van der Waals surface area contributed by atoms with Crippen molar-refractivity contribution in [2.24, 2.45) is 11.7 Å². The van der Waals surface area contributed by atoms with Crippen molar-refractivity contribution in [2.75, 3.05) is 26.7 Å². The summed E-state index contributed by atoms with van der Waals surface area (Å²) >= 11 is 0. The predicted octanol–water partition coefficient (Wildman–Crippen LogP) is 1.13. The summed E-state index contributed by atoms with van der Waals surface area (Å²) < 4.78 is 0. The van der Waals surface area contributed by atoms with Gasteiger partial charge >= 0.3 is 0 Å². The number of carbonyl (C=O) groups excluding carboxylic acids is 1. The molecule has 1 heterocycles. The number of rotatable bonds is 6. The van der Waals surface area contributed by atoms with Gasteiger partial charge in [-0.3, -0.25) is 19.8 Å². The Labute approximate surface area is 129 Å². The van der Waals surface area contributed by atoms with E-state index in [9.17, 15) is 14.9 Å². The molecule has 1 saturated heterocycles. The molecular formula is C15H22N4O3. The summed E-state index contributed by atoms with van der Waals surface area (Å²) in [4.78, 5) is 24.1. The lowest BCUT2D eigenvalue weighted by Gasteiger charge is -2.31. The zero-order valence-corrected chi connectivity index (χ0v) is 12.7. The van der Waals surface area contributed by atoms with E-state index < -0.39 is 10.8 Å². The number of hydrogen-bond acceptors (Lipinski definition) is 5. The molecule has 22 heavy (non-hydrogen) atoms. The van der Waals surface area contributed by atoms with Gasteiger partial charge in [-0.15, -0.1) is 0 Å². The van der Waals surface area contributed by atoms with E-state index in [2.05, 4.69) is 10.2 Å². The van der Waals surface area contributed by atoms with Crippen LogP contribution in [0.5, 0.6) is 0 Å². The van der Waals surface area contributed by atoms with Gasteiger partial charge in [0.15, 0.2) is 0 Å². The third-order valence-electron chi connectivity index (χ3n) is 4.16. The Morgan fingerprint density at radius 2 is 2.14 bits per heavy atom. The maximum atomic E-state index is 11.2. The van der Waals surface area contributed by atoms with E-state index in [1.807, 2.05) is 7.05 Å². The van der Waals surface area contributed by atoms with Crippen molar-refractivity contribution in [1.82, 2.24) is 10.2 Å². The fourth-order valence-corrected chi connectivity index (χ4v) is 2.90. The van der Waals surface area contributed by atoms with Crippen molar-refractivity contribution in [3.63, 3.8) is 0 Å². The molecule has 1 aromatic carbocycles. The molecule has 0 atom stereocenters. The Kier molecular flexibility index (Phi) is 5.46. The molecule has 1 fully saturated rings. The fourth-order valence-electron chi connectivity index (χ4n) is 2.90. The van der Waals surface area contributed by atoms with E-state index in [0.717, 1.165) is 32.5 Å². The number of hydrogen-bond donors (Lipinski definition) is 2. The van der Waals surface area contributed by atoms with Crippen LogP contribution in [0.1, 0.15) is 28.8 Å². The summed E-state index contributed by atoms with van der Waals surface area (Å²) in [6, 6.07) is 4.46. The summed E-state index contributed by atoms with van der Waals surface area (Å²) in [6.07, 6.45) is 2.18. The van der Waals surface area contributed by atoms with E-state index in [1.54, 1.807) is 12.1 Å². The molecule has 0 aromatic heterocycles. The van der Waals surface area contributed by atoms with Crippen LogP contribution in [0.15, 0.2) is 18.2 Å². The first kappa shape index (κ1) is 16.4. The number of carbonyl (C=O) groups is 1. The average Bonchev–Trinajstić information content (AvgIpc) is 2.49. The number of nitrogens with zero attached hydrogens (tertiary/aromatic N) is 2. The van der Waals surface area contributed by atoms with Crippen LogP contribution in [0, 0.1) is 16.0 Å². The number of benzene rings is 1. The van der Waals surface area contributed by atoms with Gasteiger partial charge < -0.3 is 11.1 Å². The molecule has 120 valence electrons. The van der Waals surface area contributed by atoms with Crippen molar-refractivity contribution < 1.29 is 9.72 Å². The molecule has 7 heteroatoms. The molecule has 0 saturated carbocycles. The van der Waals surface area contributed by atoms with Crippen molar-refractivity contribution >= 4 is 11.6 Å². The topological polar surface area (TPSA) is 102 Å². The van der Waals surface area contributed by atoms with E-state index in [1.165, 1.54) is 6.07 Å². The molecule has 2 rings (SSSR count). The first-order valence-corrected chi connectivity index (χ1v) is 7.45. The Hall–Kier alpha value is -1.99. The van der Waals surface area contributed by atoms with Crippen molar-refractivity contribution in [1.29, 1.82) is 0 Å². The van der Waals surface area contributed by atoms with Crippen LogP contribution in [-0.2, 0) is 6.54 Å². The second-order valence-corrected chi connectivity index (χ2v) is 5.74. The first-order chi connectivity index (χ1) is 10.5. The van der Waals surface area contributed by atoms with Gasteiger partial charge in [0.25, 0.3) is 5.69 Å². The third kappa shape index (κ3) is 4.02. The zero-order valence-electron chi connectivity index (χ0n) is 12.7. The number of amides is 1. The van der Waals surface area contributed by atoms with Gasteiger partial charge in [0, 0.05) is 23.7 Å². The van der Waals surface area contributed by atoms with Gasteiger partial charge in [-0.1, -0.05) is 6.07 Å². The predicted molar refractivity (Wildman–Crippen MR) is 83.5 cm³/mol. The minimum atomic E-state index is -0.650. The lowest BCUT2D eigenvalue weighted by Crippen LogP contribution is -2.36. The Bertz CT molecular complexity index is 554. The smallest absolute Gasteiger partial charge is 0.274 e. The van der Waals surface area contributed by atoms with Gasteiger partial charge in [-0.05, 0) is 51.5 Å². The van der Waals surface area contributed by atoms with Crippen LogP contribution in [-0.4, -0.2) is 42.4 Å². The molecule has 0 unspecified atom stereocenters. The van der Waals surface area contributed by atoms with E-state index >= 15 is 0 Å². The summed E-state index contributed by atoms with van der Waals surface area (Å²) in [6.45, 7) is 3.41. The molecule has 1 amide bonds. The molecular weight excluding hydrogens is 284 g/mol. The summed E-state index contributed by atoms with van der Waals surface area (Å²) in [5, 5.41) is 14.4. The van der Waals surface area contributed by atoms with Crippen LogP contribution in [0.25, 0.3) is 0 Å². The molecule has 0 bridgehead atoms. The molecule has 0 radical (unpaired) electrons. The average molecular weight is 306 g/mol. The van der Waals surface area contributed by atoms with Crippen LogP contribution >= 0.6 is 0 Å². The van der Waals surface area contributed by atoms with Gasteiger partial charge in [-0.2, -0.15) is 0 Å². The van der Waals surface area contributed by atoms with Crippen LogP contribution in [0.4, 0.5) is 5.69 Å². The second-order valence-electron chi connectivity index (χ2n) is 5.74.